The summed E-state index contributed by atoms with van der Waals surface area (Å²) in [6.07, 6.45) is 4.21. The van der Waals surface area contributed by atoms with Crippen molar-refractivity contribution in [2.75, 3.05) is 6.54 Å². The molecule has 6 nitrogen and oxygen atoms in total. The second kappa shape index (κ2) is 7.07. The lowest BCUT2D eigenvalue weighted by Crippen LogP contribution is -2.46. The summed E-state index contributed by atoms with van der Waals surface area (Å²) in [5, 5.41) is 12.2. The lowest BCUT2D eigenvalue weighted by molar-refractivity contribution is -0.138. The summed E-state index contributed by atoms with van der Waals surface area (Å²) in [7, 11) is 0. The highest BCUT2D eigenvalue weighted by Crippen LogP contribution is 2.23. The van der Waals surface area contributed by atoms with Gasteiger partial charge in [0.25, 0.3) is 0 Å². The second-order valence-electron chi connectivity index (χ2n) is 6.21. The third kappa shape index (κ3) is 3.29. The standard InChI is InChI=1S/C17H22FN5O/c1-3-15-9-4-5-10-22(15)17(24)12(2)23-20-16(19-21-23)13-7-6-8-14(18)11-13/h6-8,11-12,15H,3-5,9-10H2,1-2H3/t12-,15-/m0/s1. The number of piperidine rings is 1. The minimum Gasteiger partial charge on any atom is -0.338 e. The van der Waals surface area contributed by atoms with Crippen LogP contribution in [0.15, 0.2) is 24.3 Å². The summed E-state index contributed by atoms with van der Waals surface area (Å²) >= 11 is 0. The number of amides is 1. The van der Waals surface area contributed by atoms with Crippen molar-refractivity contribution in [1.82, 2.24) is 25.1 Å². The molecule has 1 saturated heterocycles. The van der Waals surface area contributed by atoms with Gasteiger partial charge in [0.1, 0.15) is 11.9 Å². The highest BCUT2D eigenvalue weighted by Gasteiger charge is 2.30. The number of carbonyl (C=O) groups is 1. The normalized spacial score (nSPS) is 19.3. The first kappa shape index (κ1) is 16.5. The quantitative estimate of drug-likeness (QED) is 0.864. The van der Waals surface area contributed by atoms with E-state index in [1.807, 2.05) is 4.90 Å². The Kier molecular flexibility index (Phi) is 4.87. The topological polar surface area (TPSA) is 63.9 Å². The maximum Gasteiger partial charge on any atom is 0.249 e. The molecule has 2 atom stereocenters. The third-order valence-corrected chi connectivity index (χ3v) is 4.60. The van der Waals surface area contributed by atoms with Gasteiger partial charge in [-0.25, -0.2) is 4.39 Å². The summed E-state index contributed by atoms with van der Waals surface area (Å²) in [6, 6.07) is 5.80. The lowest BCUT2D eigenvalue weighted by atomic mass is 9.99. The van der Waals surface area contributed by atoms with E-state index >= 15 is 0 Å². The van der Waals surface area contributed by atoms with Crippen LogP contribution in [-0.4, -0.2) is 43.6 Å². The molecule has 0 radical (unpaired) electrons. The Morgan fingerprint density at radius 1 is 1.42 bits per heavy atom. The van der Waals surface area contributed by atoms with Crippen LogP contribution >= 0.6 is 0 Å². The SMILES string of the molecule is CC[C@H]1CCCCN1C(=O)[C@H](C)n1nnc(-c2cccc(F)c2)n1. The van der Waals surface area contributed by atoms with Gasteiger partial charge in [-0.15, -0.1) is 10.2 Å². The van der Waals surface area contributed by atoms with Crippen LogP contribution in [0.1, 0.15) is 45.6 Å². The monoisotopic (exact) mass is 331 g/mol. The van der Waals surface area contributed by atoms with E-state index < -0.39 is 6.04 Å². The maximum absolute atomic E-state index is 13.3. The Balaban J connectivity index is 1.78. The number of tetrazole rings is 1. The van der Waals surface area contributed by atoms with Gasteiger partial charge in [-0.05, 0) is 50.0 Å². The molecule has 1 aliphatic rings. The molecule has 2 heterocycles. The minimum absolute atomic E-state index is 0.0183. The molecule has 24 heavy (non-hydrogen) atoms. The van der Waals surface area contributed by atoms with Crippen LogP contribution in [0.5, 0.6) is 0 Å². The molecule has 0 unspecified atom stereocenters. The number of halogens is 1. The molecule has 1 aromatic carbocycles. The molecule has 1 aliphatic heterocycles. The highest BCUT2D eigenvalue weighted by atomic mass is 19.1. The van der Waals surface area contributed by atoms with E-state index in [1.165, 1.54) is 23.4 Å². The van der Waals surface area contributed by atoms with E-state index in [4.69, 9.17) is 0 Å². The Labute approximate surface area is 140 Å². The lowest BCUT2D eigenvalue weighted by Gasteiger charge is -2.36. The van der Waals surface area contributed by atoms with Gasteiger partial charge < -0.3 is 4.90 Å². The Morgan fingerprint density at radius 3 is 3.00 bits per heavy atom. The molecule has 7 heteroatoms. The number of nitrogens with zero attached hydrogens (tertiary/aromatic N) is 5. The minimum atomic E-state index is -0.521. The number of carbonyl (C=O) groups excluding carboxylic acids is 1. The predicted molar refractivity (Wildman–Crippen MR) is 87.6 cm³/mol. The number of benzene rings is 1. The van der Waals surface area contributed by atoms with Crippen LogP contribution < -0.4 is 0 Å². The van der Waals surface area contributed by atoms with Crippen LogP contribution in [-0.2, 0) is 4.79 Å². The average Bonchev–Trinajstić information content (AvgIpc) is 3.10. The highest BCUT2D eigenvalue weighted by molar-refractivity contribution is 5.80. The number of hydrogen-bond acceptors (Lipinski definition) is 4. The summed E-state index contributed by atoms with van der Waals surface area (Å²) in [5.41, 5.74) is 0.547. The Morgan fingerprint density at radius 2 is 2.25 bits per heavy atom. The van der Waals surface area contributed by atoms with Crippen LogP contribution in [0, 0.1) is 5.82 Å². The summed E-state index contributed by atoms with van der Waals surface area (Å²) in [4.78, 5) is 16.1. The molecule has 1 aromatic heterocycles. The fraction of sp³-hybridized carbons (Fsp3) is 0.529. The van der Waals surface area contributed by atoms with Crippen molar-refractivity contribution < 1.29 is 9.18 Å². The predicted octanol–water partition coefficient (Wildman–Crippen LogP) is 2.83. The van der Waals surface area contributed by atoms with Gasteiger partial charge >= 0.3 is 0 Å². The third-order valence-electron chi connectivity index (χ3n) is 4.60. The van der Waals surface area contributed by atoms with Crippen LogP contribution in [0.3, 0.4) is 0 Å². The van der Waals surface area contributed by atoms with Gasteiger partial charge in [-0.2, -0.15) is 4.80 Å². The molecular formula is C17H22FN5O. The molecule has 1 fully saturated rings. The van der Waals surface area contributed by atoms with Crippen molar-refractivity contribution in [3.63, 3.8) is 0 Å². The Bertz CT molecular complexity index is 717. The summed E-state index contributed by atoms with van der Waals surface area (Å²) in [6.45, 7) is 4.67. The van der Waals surface area contributed by atoms with Crippen molar-refractivity contribution >= 4 is 5.91 Å². The molecule has 0 bridgehead atoms. The smallest absolute Gasteiger partial charge is 0.249 e. The molecule has 2 aromatic rings. The molecule has 128 valence electrons. The second-order valence-corrected chi connectivity index (χ2v) is 6.21. The van der Waals surface area contributed by atoms with Crippen LogP contribution in [0.4, 0.5) is 4.39 Å². The zero-order chi connectivity index (χ0) is 17.1. The van der Waals surface area contributed by atoms with Crippen molar-refractivity contribution in [2.45, 2.75) is 51.6 Å². The van der Waals surface area contributed by atoms with Crippen LogP contribution in [0.25, 0.3) is 11.4 Å². The molecule has 1 amide bonds. The molecular weight excluding hydrogens is 309 g/mol. The largest absolute Gasteiger partial charge is 0.338 e. The van der Waals surface area contributed by atoms with E-state index in [9.17, 15) is 9.18 Å². The van der Waals surface area contributed by atoms with Gasteiger partial charge in [0.05, 0.1) is 0 Å². The fourth-order valence-electron chi connectivity index (χ4n) is 3.19. The van der Waals surface area contributed by atoms with E-state index in [1.54, 1.807) is 19.1 Å². The van der Waals surface area contributed by atoms with Crippen LogP contribution in [0.2, 0.25) is 0 Å². The summed E-state index contributed by atoms with van der Waals surface area (Å²) in [5.74, 6) is -0.0170. The first-order valence-electron chi connectivity index (χ1n) is 8.46. The van der Waals surface area contributed by atoms with Crippen molar-refractivity contribution in [3.8, 4) is 11.4 Å². The van der Waals surface area contributed by atoms with Crippen molar-refractivity contribution in [1.29, 1.82) is 0 Å². The zero-order valence-corrected chi connectivity index (χ0v) is 14.0. The van der Waals surface area contributed by atoms with Gasteiger partial charge in [0, 0.05) is 18.2 Å². The van der Waals surface area contributed by atoms with Gasteiger partial charge in [-0.1, -0.05) is 19.1 Å². The first-order chi connectivity index (χ1) is 11.6. The molecule has 0 aliphatic carbocycles. The van der Waals surface area contributed by atoms with Gasteiger partial charge in [0.15, 0.2) is 0 Å². The van der Waals surface area contributed by atoms with Gasteiger partial charge in [0.2, 0.25) is 11.7 Å². The van der Waals surface area contributed by atoms with Crippen molar-refractivity contribution in [3.05, 3.63) is 30.1 Å². The van der Waals surface area contributed by atoms with Gasteiger partial charge in [-0.3, -0.25) is 4.79 Å². The van der Waals surface area contributed by atoms with Crippen molar-refractivity contribution in [2.24, 2.45) is 0 Å². The zero-order valence-electron chi connectivity index (χ0n) is 14.0. The number of hydrogen-bond donors (Lipinski definition) is 0. The van der Waals surface area contributed by atoms with E-state index in [0.717, 1.165) is 25.8 Å². The molecule has 0 N–H and O–H groups in total. The first-order valence-corrected chi connectivity index (χ1v) is 8.46. The number of rotatable bonds is 4. The maximum atomic E-state index is 13.3. The summed E-state index contributed by atoms with van der Waals surface area (Å²) < 4.78 is 13.3. The fourth-order valence-corrected chi connectivity index (χ4v) is 3.19. The molecule has 0 spiro atoms. The average molecular weight is 331 g/mol. The van der Waals surface area contributed by atoms with E-state index in [0.29, 0.717) is 17.4 Å². The Hall–Kier alpha value is -2.31. The number of aromatic nitrogens is 4. The molecule has 0 saturated carbocycles. The van der Waals surface area contributed by atoms with E-state index in [2.05, 4.69) is 22.3 Å². The van der Waals surface area contributed by atoms with E-state index in [-0.39, 0.29) is 11.7 Å². The number of likely N-dealkylation sites (tertiary alicyclic amines) is 1. The molecule has 3 rings (SSSR count).